The van der Waals surface area contributed by atoms with Crippen LogP contribution in [0.15, 0.2) is 30.5 Å². The standard InChI is InChI=1S/C18H23N3O2/c1-13-11-15(14(2)21(13)16-7-5-6-8-19-16)17(22)20-9-10-23-12-18(20,3)4/h5-8,11H,9-10,12H2,1-4H3. The minimum atomic E-state index is -0.289. The van der Waals surface area contributed by atoms with Gasteiger partial charge in [0, 0.05) is 24.1 Å². The summed E-state index contributed by atoms with van der Waals surface area (Å²) in [4.78, 5) is 19.4. The lowest BCUT2D eigenvalue weighted by Gasteiger charge is -2.42. The second-order valence-corrected chi connectivity index (χ2v) is 6.63. The summed E-state index contributed by atoms with van der Waals surface area (Å²) in [5, 5.41) is 0. The van der Waals surface area contributed by atoms with Gasteiger partial charge in [0.05, 0.1) is 24.3 Å². The lowest BCUT2D eigenvalue weighted by atomic mass is 10.0. The van der Waals surface area contributed by atoms with Crippen molar-refractivity contribution in [3.05, 3.63) is 47.4 Å². The number of hydrogen-bond acceptors (Lipinski definition) is 3. The molecule has 1 fully saturated rings. The third-order valence-corrected chi connectivity index (χ3v) is 4.43. The number of aryl methyl sites for hydroxylation is 1. The molecule has 1 aliphatic heterocycles. The average Bonchev–Trinajstić information content (AvgIpc) is 2.82. The van der Waals surface area contributed by atoms with Crippen molar-refractivity contribution < 1.29 is 9.53 Å². The van der Waals surface area contributed by atoms with Gasteiger partial charge < -0.3 is 14.2 Å². The molecule has 0 unspecified atom stereocenters. The number of pyridine rings is 1. The maximum atomic E-state index is 13.1. The third kappa shape index (κ3) is 2.77. The molecule has 3 heterocycles. The molecule has 1 saturated heterocycles. The van der Waals surface area contributed by atoms with Crippen molar-refractivity contribution in [3.8, 4) is 5.82 Å². The van der Waals surface area contributed by atoms with Crippen molar-refractivity contribution in [1.29, 1.82) is 0 Å². The topological polar surface area (TPSA) is 47.4 Å². The SMILES string of the molecule is Cc1cc(C(=O)N2CCOCC2(C)C)c(C)n1-c1ccccn1. The van der Waals surface area contributed by atoms with E-state index in [1.54, 1.807) is 6.20 Å². The Morgan fingerprint density at radius 2 is 2.09 bits per heavy atom. The molecule has 122 valence electrons. The Balaban J connectivity index is 2.00. The number of carbonyl (C=O) groups excluding carboxylic acids is 1. The summed E-state index contributed by atoms with van der Waals surface area (Å²) >= 11 is 0. The van der Waals surface area contributed by atoms with E-state index in [0.717, 1.165) is 22.8 Å². The minimum Gasteiger partial charge on any atom is -0.377 e. The second-order valence-electron chi connectivity index (χ2n) is 6.63. The molecular weight excluding hydrogens is 290 g/mol. The fourth-order valence-corrected chi connectivity index (χ4v) is 3.20. The maximum absolute atomic E-state index is 13.1. The molecule has 23 heavy (non-hydrogen) atoms. The molecule has 2 aromatic heterocycles. The zero-order chi connectivity index (χ0) is 16.6. The highest BCUT2D eigenvalue weighted by Crippen LogP contribution is 2.26. The first-order valence-corrected chi connectivity index (χ1v) is 7.92. The minimum absolute atomic E-state index is 0.0635. The van der Waals surface area contributed by atoms with Crippen LogP contribution >= 0.6 is 0 Å². The summed E-state index contributed by atoms with van der Waals surface area (Å²) in [6.07, 6.45) is 1.76. The van der Waals surface area contributed by atoms with Crippen molar-refractivity contribution in [1.82, 2.24) is 14.5 Å². The van der Waals surface area contributed by atoms with Crippen LogP contribution in [0, 0.1) is 13.8 Å². The maximum Gasteiger partial charge on any atom is 0.256 e. The fraction of sp³-hybridized carbons (Fsp3) is 0.444. The monoisotopic (exact) mass is 313 g/mol. The normalized spacial score (nSPS) is 17.3. The van der Waals surface area contributed by atoms with E-state index in [9.17, 15) is 4.79 Å². The zero-order valence-corrected chi connectivity index (χ0v) is 14.2. The Morgan fingerprint density at radius 1 is 1.30 bits per heavy atom. The van der Waals surface area contributed by atoms with Gasteiger partial charge in [0.2, 0.25) is 0 Å². The molecule has 0 spiro atoms. The van der Waals surface area contributed by atoms with Crippen LogP contribution in [0.2, 0.25) is 0 Å². The van der Waals surface area contributed by atoms with Crippen LogP contribution in [0.4, 0.5) is 0 Å². The lowest BCUT2D eigenvalue weighted by molar-refractivity contribution is -0.0370. The van der Waals surface area contributed by atoms with Gasteiger partial charge in [-0.1, -0.05) is 6.07 Å². The van der Waals surface area contributed by atoms with Crippen molar-refractivity contribution in [2.24, 2.45) is 0 Å². The van der Waals surface area contributed by atoms with Gasteiger partial charge in [0.25, 0.3) is 5.91 Å². The van der Waals surface area contributed by atoms with Crippen LogP contribution in [0.3, 0.4) is 0 Å². The number of morpholine rings is 1. The number of rotatable bonds is 2. The quantitative estimate of drug-likeness (QED) is 0.856. The average molecular weight is 313 g/mol. The van der Waals surface area contributed by atoms with Crippen molar-refractivity contribution in [2.75, 3.05) is 19.8 Å². The first-order valence-electron chi connectivity index (χ1n) is 7.92. The Hall–Kier alpha value is -2.14. The molecule has 0 atom stereocenters. The van der Waals surface area contributed by atoms with Gasteiger partial charge >= 0.3 is 0 Å². The molecule has 1 aliphatic rings. The van der Waals surface area contributed by atoms with Crippen LogP contribution in [-0.4, -0.2) is 45.7 Å². The largest absolute Gasteiger partial charge is 0.377 e. The van der Waals surface area contributed by atoms with Crippen LogP contribution in [0.5, 0.6) is 0 Å². The van der Waals surface area contributed by atoms with Crippen LogP contribution in [-0.2, 0) is 4.74 Å². The summed E-state index contributed by atoms with van der Waals surface area (Å²) in [7, 11) is 0. The molecule has 0 bridgehead atoms. The molecular formula is C18H23N3O2. The van der Waals surface area contributed by atoms with E-state index in [-0.39, 0.29) is 11.4 Å². The molecule has 0 radical (unpaired) electrons. The van der Waals surface area contributed by atoms with Gasteiger partial charge in [-0.2, -0.15) is 0 Å². The van der Waals surface area contributed by atoms with Gasteiger partial charge in [-0.15, -0.1) is 0 Å². The number of carbonyl (C=O) groups is 1. The number of hydrogen-bond donors (Lipinski definition) is 0. The number of amides is 1. The molecule has 3 rings (SSSR count). The van der Waals surface area contributed by atoms with Crippen LogP contribution in [0.1, 0.15) is 35.6 Å². The van der Waals surface area contributed by atoms with Crippen LogP contribution < -0.4 is 0 Å². The second kappa shape index (κ2) is 5.81. The van der Waals surface area contributed by atoms with E-state index in [4.69, 9.17) is 4.74 Å². The van der Waals surface area contributed by atoms with E-state index in [2.05, 4.69) is 4.98 Å². The zero-order valence-electron chi connectivity index (χ0n) is 14.2. The summed E-state index contributed by atoms with van der Waals surface area (Å²) < 4.78 is 7.55. The summed E-state index contributed by atoms with van der Waals surface area (Å²) in [5.74, 6) is 0.899. The smallest absolute Gasteiger partial charge is 0.256 e. The Kier molecular flexibility index (Phi) is 3.98. The van der Waals surface area contributed by atoms with Crippen molar-refractivity contribution >= 4 is 5.91 Å². The number of ether oxygens (including phenoxy) is 1. The predicted molar refractivity (Wildman–Crippen MR) is 89.0 cm³/mol. The van der Waals surface area contributed by atoms with E-state index in [0.29, 0.717) is 19.8 Å². The van der Waals surface area contributed by atoms with E-state index >= 15 is 0 Å². The molecule has 2 aromatic rings. The van der Waals surface area contributed by atoms with E-state index < -0.39 is 0 Å². The molecule has 0 N–H and O–H groups in total. The molecule has 0 saturated carbocycles. The Labute approximate surface area is 136 Å². The molecule has 0 aliphatic carbocycles. The number of aromatic nitrogens is 2. The third-order valence-electron chi connectivity index (χ3n) is 4.43. The lowest BCUT2D eigenvalue weighted by Crippen LogP contribution is -2.55. The van der Waals surface area contributed by atoms with E-state index in [1.165, 1.54) is 0 Å². The molecule has 5 nitrogen and oxygen atoms in total. The van der Waals surface area contributed by atoms with Gasteiger partial charge in [0.15, 0.2) is 0 Å². The molecule has 5 heteroatoms. The van der Waals surface area contributed by atoms with Gasteiger partial charge in [-0.3, -0.25) is 4.79 Å². The van der Waals surface area contributed by atoms with Gasteiger partial charge in [-0.05, 0) is 45.9 Å². The predicted octanol–water partition coefficient (Wildman–Crippen LogP) is 2.74. The van der Waals surface area contributed by atoms with Crippen molar-refractivity contribution in [2.45, 2.75) is 33.2 Å². The van der Waals surface area contributed by atoms with Gasteiger partial charge in [-0.25, -0.2) is 4.98 Å². The highest BCUT2D eigenvalue weighted by molar-refractivity contribution is 5.96. The van der Waals surface area contributed by atoms with Crippen LogP contribution in [0.25, 0.3) is 5.82 Å². The summed E-state index contributed by atoms with van der Waals surface area (Å²) in [5.41, 5.74) is 2.38. The number of nitrogens with zero attached hydrogens (tertiary/aromatic N) is 3. The Morgan fingerprint density at radius 3 is 2.74 bits per heavy atom. The highest BCUT2D eigenvalue weighted by atomic mass is 16.5. The molecule has 1 amide bonds. The van der Waals surface area contributed by atoms with E-state index in [1.807, 2.05) is 61.4 Å². The first kappa shape index (κ1) is 15.7. The highest BCUT2D eigenvalue weighted by Gasteiger charge is 2.35. The first-order chi connectivity index (χ1) is 10.9. The van der Waals surface area contributed by atoms with Crippen molar-refractivity contribution in [3.63, 3.8) is 0 Å². The Bertz CT molecular complexity index is 719. The summed E-state index contributed by atoms with van der Waals surface area (Å²) in [6.45, 7) is 9.85. The summed E-state index contributed by atoms with van der Waals surface area (Å²) in [6, 6.07) is 7.75. The fourth-order valence-electron chi connectivity index (χ4n) is 3.20. The molecule has 0 aromatic carbocycles. The van der Waals surface area contributed by atoms with Gasteiger partial charge in [0.1, 0.15) is 5.82 Å².